The maximum atomic E-state index is 12.4. The molecule has 1 aliphatic heterocycles. The number of hydrogen-bond donors (Lipinski definition) is 1. The highest BCUT2D eigenvalue weighted by Crippen LogP contribution is 2.36. The van der Waals surface area contributed by atoms with Gasteiger partial charge in [-0.2, -0.15) is 5.26 Å². The summed E-state index contributed by atoms with van der Waals surface area (Å²) in [6.07, 6.45) is 1.61. The number of thioether (sulfide) groups is 1. The monoisotopic (exact) mass is 432 g/mol. The first-order chi connectivity index (χ1) is 12.4. The van der Waals surface area contributed by atoms with E-state index in [1.54, 1.807) is 12.1 Å². The number of ketones is 2. The summed E-state index contributed by atoms with van der Waals surface area (Å²) in [4.78, 5) is 24.5. The number of rotatable bonds is 7. The van der Waals surface area contributed by atoms with Crippen LogP contribution in [0.25, 0.3) is 0 Å². The van der Waals surface area contributed by atoms with Gasteiger partial charge in [0.05, 0.1) is 22.4 Å². The number of hydrogen-bond acceptors (Lipinski definition) is 5. The number of carbonyl (C=O) groups is 2. The van der Waals surface area contributed by atoms with Crippen LogP contribution in [0.5, 0.6) is 0 Å². The van der Waals surface area contributed by atoms with Crippen molar-refractivity contribution in [1.82, 2.24) is 5.32 Å². The second-order valence-corrected chi connectivity index (χ2v) is 8.04. The number of nitrogens with one attached hydrogen (secondary N) is 1. The molecule has 1 aliphatic rings. The predicted molar refractivity (Wildman–Crippen MR) is 108 cm³/mol. The molecule has 0 bridgehead atoms. The highest BCUT2D eigenvalue weighted by atomic mass is 79.9. The molecule has 1 atom stereocenters. The zero-order chi connectivity index (χ0) is 19.3. The van der Waals surface area contributed by atoms with Crippen LogP contribution < -0.4 is 5.32 Å². The second-order valence-electron chi connectivity index (χ2n) is 6.13. The molecule has 26 heavy (non-hydrogen) atoms. The van der Waals surface area contributed by atoms with Gasteiger partial charge in [-0.25, -0.2) is 0 Å². The van der Waals surface area contributed by atoms with Crippen LogP contribution in [0.3, 0.4) is 0 Å². The number of carbonyl (C=O) groups excluding carboxylic acids is 2. The Kier molecular flexibility index (Phi) is 7.24. The maximum Gasteiger partial charge on any atom is 0.173 e. The van der Waals surface area contributed by atoms with E-state index in [1.165, 1.54) is 18.7 Å². The largest absolute Gasteiger partial charge is 0.353 e. The van der Waals surface area contributed by atoms with Gasteiger partial charge in [0.25, 0.3) is 0 Å². The van der Waals surface area contributed by atoms with Crippen LogP contribution in [0, 0.1) is 17.2 Å². The quantitative estimate of drug-likeness (QED) is 0.614. The van der Waals surface area contributed by atoms with E-state index in [-0.39, 0.29) is 23.2 Å². The minimum absolute atomic E-state index is 0.000119. The van der Waals surface area contributed by atoms with Crippen LogP contribution in [0.2, 0.25) is 0 Å². The van der Waals surface area contributed by atoms with Crippen molar-refractivity contribution in [2.24, 2.45) is 5.92 Å². The number of dihydropyridines is 1. The molecule has 1 aromatic rings. The predicted octanol–water partition coefficient (Wildman–Crippen LogP) is 4.98. The fourth-order valence-electron chi connectivity index (χ4n) is 3.06. The Morgan fingerprint density at radius 1 is 1.31 bits per heavy atom. The van der Waals surface area contributed by atoms with Crippen molar-refractivity contribution >= 4 is 39.3 Å². The average molecular weight is 433 g/mol. The molecule has 1 N–H and O–H groups in total. The van der Waals surface area contributed by atoms with E-state index in [0.717, 1.165) is 23.0 Å². The molecule has 136 valence electrons. The van der Waals surface area contributed by atoms with Crippen molar-refractivity contribution in [2.75, 3.05) is 5.75 Å². The van der Waals surface area contributed by atoms with Gasteiger partial charge in [-0.05, 0) is 32.4 Å². The first kappa shape index (κ1) is 20.5. The Morgan fingerprint density at radius 3 is 2.50 bits per heavy atom. The second kappa shape index (κ2) is 9.20. The number of nitriles is 1. The first-order valence-corrected chi connectivity index (χ1v) is 10.2. The molecule has 0 radical (unpaired) electrons. The summed E-state index contributed by atoms with van der Waals surface area (Å²) in [5.41, 5.74) is 2.63. The van der Waals surface area contributed by atoms with Gasteiger partial charge in [-0.15, -0.1) is 0 Å². The molecule has 6 heteroatoms. The smallest absolute Gasteiger partial charge is 0.173 e. The van der Waals surface area contributed by atoms with E-state index in [0.29, 0.717) is 21.7 Å². The summed E-state index contributed by atoms with van der Waals surface area (Å²) in [5.74, 6) is 0.0155. The van der Waals surface area contributed by atoms with Gasteiger partial charge in [-0.1, -0.05) is 53.2 Å². The van der Waals surface area contributed by atoms with Gasteiger partial charge in [0.15, 0.2) is 11.6 Å². The van der Waals surface area contributed by atoms with Gasteiger partial charge in [-0.3, -0.25) is 9.59 Å². The van der Waals surface area contributed by atoms with Crippen LogP contribution >= 0.6 is 27.7 Å². The Balaban J connectivity index is 2.22. The van der Waals surface area contributed by atoms with Gasteiger partial charge in [0, 0.05) is 27.2 Å². The van der Waals surface area contributed by atoms with Crippen molar-refractivity contribution in [2.45, 2.75) is 33.6 Å². The minimum atomic E-state index is -0.200. The van der Waals surface area contributed by atoms with Crippen LogP contribution in [-0.4, -0.2) is 17.3 Å². The third kappa shape index (κ3) is 4.66. The molecule has 0 unspecified atom stereocenters. The lowest BCUT2D eigenvalue weighted by Gasteiger charge is -2.28. The third-order valence-electron chi connectivity index (χ3n) is 4.24. The zero-order valence-electron chi connectivity index (χ0n) is 15.1. The number of allylic oxidation sites excluding steroid dienone is 3. The topological polar surface area (TPSA) is 70.0 Å². The normalized spacial score (nSPS) is 17.0. The summed E-state index contributed by atoms with van der Waals surface area (Å²) in [6.45, 7) is 5.42. The Bertz CT molecular complexity index is 819. The third-order valence-corrected chi connectivity index (χ3v) is 5.78. The Labute approximate surface area is 166 Å². The van der Waals surface area contributed by atoms with E-state index in [4.69, 9.17) is 0 Å². The fourth-order valence-corrected chi connectivity index (χ4v) is 4.33. The summed E-state index contributed by atoms with van der Waals surface area (Å²) in [5, 5.41) is 13.5. The first-order valence-electron chi connectivity index (χ1n) is 8.43. The molecule has 0 aromatic heterocycles. The van der Waals surface area contributed by atoms with Gasteiger partial charge in [0.1, 0.15) is 0 Å². The van der Waals surface area contributed by atoms with Gasteiger partial charge in [0.2, 0.25) is 0 Å². The van der Waals surface area contributed by atoms with Crippen molar-refractivity contribution in [3.05, 3.63) is 56.2 Å². The van der Waals surface area contributed by atoms with Crippen LogP contribution in [0.4, 0.5) is 0 Å². The lowest BCUT2D eigenvalue weighted by molar-refractivity contribution is -0.114. The van der Waals surface area contributed by atoms with Crippen molar-refractivity contribution in [1.29, 1.82) is 5.26 Å². The standard InChI is InChI=1S/C20H21BrN2O2S/c1-4-5-16-17(10-22)20(23-12(2)19(16)13(3)24)26-11-18(25)14-6-8-15(21)9-7-14/h6-9,16,23H,4-5,11H2,1-3H3/t16-/m0/s1. The summed E-state index contributed by atoms with van der Waals surface area (Å²) < 4.78 is 0.921. The molecular weight excluding hydrogens is 412 g/mol. The van der Waals surface area contributed by atoms with E-state index < -0.39 is 0 Å². The highest BCUT2D eigenvalue weighted by Gasteiger charge is 2.31. The lowest BCUT2D eigenvalue weighted by atomic mass is 9.83. The molecule has 0 saturated heterocycles. The van der Waals surface area contributed by atoms with Crippen molar-refractivity contribution < 1.29 is 9.59 Å². The molecule has 1 heterocycles. The molecular formula is C20H21BrN2O2S. The zero-order valence-corrected chi connectivity index (χ0v) is 17.5. The highest BCUT2D eigenvalue weighted by molar-refractivity contribution is 9.10. The molecule has 0 aliphatic carbocycles. The van der Waals surface area contributed by atoms with Crippen LogP contribution in [-0.2, 0) is 4.79 Å². The van der Waals surface area contributed by atoms with E-state index in [2.05, 4.69) is 27.3 Å². The molecule has 1 aromatic carbocycles. The summed E-state index contributed by atoms with van der Waals surface area (Å²) in [7, 11) is 0. The summed E-state index contributed by atoms with van der Waals surface area (Å²) >= 11 is 4.68. The van der Waals surface area contributed by atoms with Crippen molar-refractivity contribution in [3.8, 4) is 6.07 Å². The fraction of sp³-hybridized carbons (Fsp3) is 0.350. The van der Waals surface area contributed by atoms with E-state index in [9.17, 15) is 14.9 Å². The van der Waals surface area contributed by atoms with Gasteiger partial charge >= 0.3 is 0 Å². The van der Waals surface area contributed by atoms with Crippen molar-refractivity contribution in [3.63, 3.8) is 0 Å². The molecule has 2 rings (SSSR count). The number of benzene rings is 1. The summed E-state index contributed by atoms with van der Waals surface area (Å²) in [6, 6.07) is 9.48. The van der Waals surface area contributed by atoms with Gasteiger partial charge < -0.3 is 5.32 Å². The maximum absolute atomic E-state index is 12.4. The average Bonchev–Trinajstić information content (AvgIpc) is 2.60. The number of halogens is 1. The molecule has 0 fully saturated rings. The molecule has 0 amide bonds. The van der Waals surface area contributed by atoms with E-state index >= 15 is 0 Å². The lowest BCUT2D eigenvalue weighted by Crippen LogP contribution is -2.28. The Morgan fingerprint density at radius 2 is 1.96 bits per heavy atom. The number of Topliss-reactive ketones (excluding diaryl/α,β-unsaturated/α-hetero) is 2. The number of nitrogens with zero attached hydrogens (tertiary/aromatic N) is 1. The SMILES string of the molecule is CCC[C@H]1C(C#N)=C(SCC(=O)c2ccc(Br)cc2)NC(C)=C1C(C)=O. The Hall–Kier alpha value is -1.84. The molecule has 0 saturated carbocycles. The minimum Gasteiger partial charge on any atom is -0.353 e. The van der Waals surface area contributed by atoms with E-state index in [1.807, 2.05) is 26.0 Å². The van der Waals surface area contributed by atoms with Crippen LogP contribution in [0.1, 0.15) is 44.0 Å². The van der Waals surface area contributed by atoms with Crippen LogP contribution in [0.15, 0.2) is 50.6 Å². The molecule has 0 spiro atoms. The molecule has 4 nitrogen and oxygen atoms in total.